The zero-order chi connectivity index (χ0) is 37.6. The lowest BCUT2D eigenvalue weighted by atomic mass is 9.43. The maximum absolute atomic E-state index is 2.58. The molecule has 0 amide bonds. The zero-order valence-electron chi connectivity index (χ0n) is 32.8. The van der Waals surface area contributed by atoms with E-state index in [1.807, 2.05) is 0 Å². The Morgan fingerprint density at radius 2 is 1.00 bits per heavy atom. The second-order valence-corrected chi connectivity index (χ2v) is 18.6. The molecule has 1 heterocycles. The molecule has 1 aromatic heterocycles. The standard InChI is InChI=1S/C55H46N2/c1-54(2)48-17-9-6-14-42(48)44-23-20-40(32-51(44)54)56(41-21-24-46-45-16-8-11-19-52(45)57(53(46)33-41)38-12-4-3-5-13-38)39-22-25-50-47(31-39)43-15-7-10-18-49(43)55(50)36-27-34-26-35(29-36)30-37(55)28-34/h3-25,31-37H,26-30H2,1-2H3. The number of benzene rings is 7. The number of rotatable bonds is 4. The fourth-order valence-electron chi connectivity index (χ4n) is 13.5. The predicted octanol–water partition coefficient (Wildman–Crippen LogP) is 14.3. The van der Waals surface area contributed by atoms with E-state index in [1.54, 1.807) is 11.1 Å². The SMILES string of the molecule is CC1(C)c2ccccc2-c2ccc(N(c3ccc4c(c3)-c3ccccc3C43C4CC5CC(C4)CC3C5)c3ccc4c5ccccc5n(-c5ccccc5)c4c3)cc21. The molecule has 8 aromatic rings. The van der Waals surface area contributed by atoms with E-state index in [2.05, 4.69) is 181 Å². The molecule has 6 aliphatic rings. The van der Waals surface area contributed by atoms with Crippen LogP contribution < -0.4 is 4.90 Å². The summed E-state index contributed by atoms with van der Waals surface area (Å²) < 4.78 is 2.45. The summed E-state index contributed by atoms with van der Waals surface area (Å²) in [6, 6.07) is 60.3. The predicted molar refractivity (Wildman–Crippen MR) is 236 cm³/mol. The van der Waals surface area contributed by atoms with Crippen molar-refractivity contribution in [1.29, 1.82) is 0 Å². The maximum Gasteiger partial charge on any atom is 0.0561 e. The minimum absolute atomic E-state index is 0.0972. The molecule has 276 valence electrons. The van der Waals surface area contributed by atoms with Crippen LogP contribution in [0.3, 0.4) is 0 Å². The molecule has 0 unspecified atom stereocenters. The lowest BCUT2D eigenvalue weighted by molar-refractivity contribution is -0.0399. The number of para-hydroxylation sites is 2. The van der Waals surface area contributed by atoms with E-state index in [0.717, 1.165) is 23.7 Å². The van der Waals surface area contributed by atoms with Crippen molar-refractivity contribution < 1.29 is 0 Å². The molecule has 7 aromatic carbocycles. The molecular formula is C55H46N2. The van der Waals surface area contributed by atoms with E-state index < -0.39 is 0 Å². The fourth-order valence-corrected chi connectivity index (χ4v) is 13.5. The van der Waals surface area contributed by atoms with Gasteiger partial charge in [-0.2, -0.15) is 0 Å². The van der Waals surface area contributed by atoms with Crippen LogP contribution in [0.2, 0.25) is 0 Å². The van der Waals surface area contributed by atoms with Gasteiger partial charge in [-0.05, 0) is 155 Å². The summed E-state index contributed by atoms with van der Waals surface area (Å²) in [6.07, 6.45) is 7.07. The highest BCUT2D eigenvalue weighted by Gasteiger charge is 2.61. The van der Waals surface area contributed by atoms with Crippen molar-refractivity contribution in [2.24, 2.45) is 23.7 Å². The Kier molecular flexibility index (Phi) is 6.44. The van der Waals surface area contributed by atoms with Gasteiger partial charge >= 0.3 is 0 Å². The van der Waals surface area contributed by atoms with Crippen LogP contribution in [0.5, 0.6) is 0 Å². The van der Waals surface area contributed by atoms with Gasteiger partial charge in [0, 0.05) is 44.4 Å². The van der Waals surface area contributed by atoms with Gasteiger partial charge in [0.25, 0.3) is 0 Å². The number of nitrogens with zero attached hydrogens (tertiary/aromatic N) is 2. The van der Waals surface area contributed by atoms with Gasteiger partial charge in [0.15, 0.2) is 0 Å². The molecule has 4 saturated carbocycles. The molecule has 0 N–H and O–H groups in total. The zero-order valence-corrected chi connectivity index (χ0v) is 32.8. The van der Waals surface area contributed by atoms with E-state index in [4.69, 9.17) is 0 Å². The van der Waals surface area contributed by atoms with E-state index >= 15 is 0 Å². The second-order valence-electron chi connectivity index (χ2n) is 18.6. The first-order chi connectivity index (χ1) is 28.0. The molecule has 2 heteroatoms. The second kappa shape index (κ2) is 11.4. The highest BCUT2D eigenvalue weighted by atomic mass is 15.1. The summed E-state index contributed by atoms with van der Waals surface area (Å²) >= 11 is 0. The van der Waals surface area contributed by atoms with E-state index in [0.29, 0.717) is 0 Å². The van der Waals surface area contributed by atoms with Crippen molar-refractivity contribution >= 4 is 38.9 Å². The molecule has 2 nitrogen and oxygen atoms in total. The van der Waals surface area contributed by atoms with Crippen molar-refractivity contribution in [3.63, 3.8) is 0 Å². The van der Waals surface area contributed by atoms with Gasteiger partial charge in [0.2, 0.25) is 0 Å². The summed E-state index contributed by atoms with van der Waals surface area (Å²) in [4.78, 5) is 2.55. The van der Waals surface area contributed by atoms with E-state index in [9.17, 15) is 0 Å². The molecule has 0 radical (unpaired) electrons. The monoisotopic (exact) mass is 734 g/mol. The normalized spacial score (nSPS) is 24.2. The van der Waals surface area contributed by atoms with Crippen LogP contribution in [0, 0.1) is 23.7 Å². The molecule has 0 atom stereocenters. The highest BCUT2D eigenvalue weighted by Crippen LogP contribution is 2.69. The largest absolute Gasteiger partial charge is 0.310 e. The summed E-state index contributed by atoms with van der Waals surface area (Å²) in [6.45, 7) is 4.79. The molecule has 4 fully saturated rings. The lowest BCUT2D eigenvalue weighted by Crippen LogP contribution is -2.55. The molecular weight excluding hydrogens is 689 g/mol. The van der Waals surface area contributed by atoms with Crippen molar-refractivity contribution in [2.75, 3.05) is 4.90 Å². The minimum atomic E-state index is -0.0972. The van der Waals surface area contributed by atoms with Crippen LogP contribution in [0.1, 0.15) is 68.2 Å². The summed E-state index contributed by atoms with van der Waals surface area (Å²) in [5.41, 5.74) is 18.9. The third kappa shape index (κ3) is 4.21. The Balaban J connectivity index is 1.05. The average Bonchev–Trinajstić information content (AvgIpc) is 3.81. The summed E-state index contributed by atoms with van der Waals surface area (Å²) in [5, 5.41) is 2.55. The fraction of sp³-hybridized carbons (Fsp3) is 0.236. The number of hydrogen-bond donors (Lipinski definition) is 0. The molecule has 14 rings (SSSR count). The average molecular weight is 735 g/mol. The van der Waals surface area contributed by atoms with Crippen LogP contribution in [-0.2, 0) is 10.8 Å². The topological polar surface area (TPSA) is 8.17 Å². The van der Waals surface area contributed by atoms with E-state index in [1.165, 1.54) is 110 Å². The maximum atomic E-state index is 2.58. The van der Waals surface area contributed by atoms with Gasteiger partial charge in [-0.15, -0.1) is 0 Å². The van der Waals surface area contributed by atoms with Gasteiger partial charge in [-0.3, -0.25) is 0 Å². The van der Waals surface area contributed by atoms with Crippen LogP contribution in [0.4, 0.5) is 17.1 Å². The van der Waals surface area contributed by atoms with Gasteiger partial charge in [-0.1, -0.05) is 117 Å². The van der Waals surface area contributed by atoms with Crippen molar-refractivity contribution in [3.8, 4) is 27.9 Å². The molecule has 1 spiro atoms. The third-order valence-corrected chi connectivity index (χ3v) is 15.6. The van der Waals surface area contributed by atoms with E-state index in [-0.39, 0.29) is 10.8 Å². The van der Waals surface area contributed by atoms with Crippen molar-refractivity contribution in [3.05, 3.63) is 180 Å². The van der Waals surface area contributed by atoms with Crippen LogP contribution >= 0.6 is 0 Å². The Morgan fingerprint density at radius 3 is 1.79 bits per heavy atom. The highest BCUT2D eigenvalue weighted by molar-refractivity contribution is 6.10. The third-order valence-electron chi connectivity index (χ3n) is 15.6. The van der Waals surface area contributed by atoms with Crippen molar-refractivity contribution in [1.82, 2.24) is 4.57 Å². The quantitative estimate of drug-likeness (QED) is 0.175. The first kappa shape index (κ1) is 32.2. The number of anilines is 3. The van der Waals surface area contributed by atoms with Gasteiger partial charge in [-0.25, -0.2) is 0 Å². The first-order valence-corrected chi connectivity index (χ1v) is 21.4. The molecule has 57 heavy (non-hydrogen) atoms. The smallest absolute Gasteiger partial charge is 0.0561 e. The molecule has 0 aliphatic heterocycles. The summed E-state index contributed by atoms with van der Waals surface area (Å²) in [7, 11) is 0. The van der Waals surface area contributed by atoms with Crippen LogP contribution in [-0.4, -0.2) is 4.57 Å². The van der Waals surface area contributed by atoms with Crippen LogP contribution in [0.15, 0.2) is 158 Å². The number of fused-ring (bicyclic) bond motifs is 9. The van der Waals surface area contributed by atoms with Crippen molar-refractivity contribution in [2.45, 2.75) is 56.8 Å². The Labute approximate surface area is 335 Å². The molecule has 0 saturated heterocycles. The minimum Gasteiger partial charge on any atom is -0.310 e. The van der Waals surface area contributed by atoms with Gasteiger partial charge in [0.1, 0.15) is 0 Å². The van der Waals surface area contributed by atoms with Gasteiger partial charge < -0.3 is 9.47 Å². The lowest BCUT2D eigenvalue weighted by Gasteiger charge is -2.61. The molecule has 6 aliphatic carbocycles. The number of aromatic nitrogens is 1. The molecule has 4 bridgehead atoms. The summed E-state index contributed by atoms with van der Waals surface area (Å²) in [5.74, 6) is 3.36. The first-order valence-electron chi connectivity index (χ1n) is 21.4. The van der Waals surface area contributed by atoms with Gasteiger partial charge in [0.05, 0.1) is 11.0 Å². The Bertz CT molecular complexity index is 2930. The van der Waals surface area contributed by atoms with Crippen LogP contribution in [0.25, 0.3) is 49.7 Å². The number of hydrogen-bond acceptors (Lipinski definition) is 1. The Morgan fingerprint density at radius 1 is 0.439 bits per heavy atom. The Hall–Kier alpha value is -5.86.